The highest BCUT2D eigenvalue weighted by Gasteiger charge is 2.55. The van der Waals surface area contributed by atoms with Crippen molar-refractivity contribution in [1.29, 1.82) is 0 Å². The molecule has 13 heavy (non-hydrogen) atoms. The highest BCUT2D eigenvalue weighted by Crippen LogP contribution is 2.54. The summed E-state index contributed by atoms with van der Waals surface area (Å²) >= 11 is 5.72. The zero-order valence-electron chi connectivity index (χ0n) is 7.07. The Bertz CT molecular complexity index is 314. The molecule has 1 aromatic rings. The molecule has 0 aromatic carbocycles. The lowest BCUT2D eigenvalue weighted by molar-refractivity contribution is 0.661. The molecule has 0 bridgehead atoms. The number of hydrogen-bond donors (Lipinski definition) is 1. The number of nitrogens with zero attached hydrogens (tertiary/aromatic N) is 2. The van der Waals surface area contributed by atoms with Crippen molar-refractivity contribution in [2.75, 3.05) is 13.1 Å². The SMILES string of the molecule is Clc1cnc(C2C3CNCC32)nc1. The van der Waals surface area contributed by atoms with Gasteiger partial charge in [0.25, 0.3) is 0 Å². The van der Waals surface area contributed by atoms with Crippen LogP contribution in [-0.4, -0.2) is 23.1 Å². The zero-order chi connectivity index (χ0) is 8.84. The number of nitrogens with one attached hydrogen (secondary N) is 1. The van der Waals surface area contributed by atoms with Gasteiger partial charge in [-0.05, 0) is 24.9 Å². The predicted molar refractivity (Wildman–Crippen MR) is 49.6 cm³/mol. The van der Waals surface area contributed by atoms with E-state index < -0.39 is 0 Å². The topological polar surface area (TPSA) is 37.8 Å². The largest absolute Gasteiger partial charge is 0.316 e. The molecule has 68 valence electrons. The Kier molecular flexibility index (Phi) is 1.58. The van der Waals surface area contributed by atoms with E-state index in [9.17, 15) is 0 Å². The number of piperidine rings is 1. The van der Waals surface area contributed by atoms with E-state index in [1.165, 1.54) is 0 Å². The Balaban J connectivity index is 1.83. The predicted octanol–water partition coefficient (Wildman–Crippen LogP) is 1.06. The van der Waals surface area contributed by atoms with Crippen LogP contribution in [0.2, 0.25) is 5.02 Å². The van der Waals surface area contributed by atoms with Crippen LogP contribution in [-0.2, 0) is 0 Å². The average Bonchev–Trinajstić information content (AvgIpc) is 2.63. The van der Waals surface area contributed by atoms with Gasteiger partial charge in [0.05, 0.1) is 5.02 Å². The molecule has 1 saturated heterocycles. The Morgan fingerprint density at radius 3 is 2.46 bits per heavy atom. The Labute approximate surface area is 81.5 Å². The third kappa shape index (κ3) is 1.15. The van der Waals surface area contributed by atoms with Crippen LogP contribution in [0.5, 0.6) is 0 Å². The van der Waals surface area contributed by atoms with Gasteiger partial charge in [0.2, 0.25) is 0 Å². The van der Waals surface area contributed by atoms with E-state index in [0.29, 0.717) is 10.9 Å². The molecule has 3 nitrogen and oxygen atoms in total. The molecule has 0 amide bonds. The lowest BCUT2D eigenvalue weighted by Crippen LogP contribution is -2.14. The molecule has 3 rings (SSSR count). The van der Waals surface area contributed by atoms with Crippen molar-refractivity contribution in [2.24, 2.45) is 11.8 Å². The molecule has 0 spiro atoms. The molecule has 2 unspecified atom stereocenters. The molecule has 2 atom stereocenters. The highest BCUT2D eigenvalue weighted by molar-refractivity contribution is 6.30. The molecule has 1 N–H and O–H groups in total. The van der Waals surface area contributed by atoms with Gasteiger partial charge < -0.3 is 5.32 Å². The van der Waals surface area contributed by atoms with Crippen molar-refractivity contribution in [3.05, 3.63) is 23.2 Å². The number of hydrogen-bond acceptors (Lipinski definition) is 3. The second kappa shape index (κ2) is 2.66. The molecular weight excluding hydrogens is 186 g/mol. The third-order valence-corrected chi connectivity index (χ3v) is 3.23. The van der Waals surface area contributed by atoms with Crippen LogP contribution in [0.1, 0.15) is 11.7 Å². The average molecular weight is 196 g/mol. The maximum Gasteiger partial charge on any atom is 0.132 e. The number of halogens is 1. The number of fused-ring (bicyclic) bond motifs is 1. The molecule has 0 radical (unpaired) electrons. The van der Waals surface area contributed by atoms with Gasteiger partial charge in [-0.3, -0.25) is 0 Å². The third-order valence-electron chi connectivity index (χ3n) is 3.03. The van der Waals surface area contributed by atoms with Crippen LogP contribution >= 0.6 is 11.6 Å². The Hall–Kier alpha value is -0.670. The molecule has 2 heterocycles. The Morgan fingerprint density at radius 2 is 1.85 bits per heavy atom. The smallest absolute Gasteiger partial charge is 0.132 e. The first kappa shape index (κ1) is 7.71. The van der Waals surface area contributed by atoms with Gasteiger partial charge in [-0.1, -0.05) is 11.6 Å². The van der Waals surface area contributed by atoms with Gasteiger partial charge in [0.15, 0.2) is 0 Å². The van der Waals surface area contributed by atoms with E-state index in [1.54, 1.807) is 12.4 Å². The van der Waals surface area contributed by atoms with E-state index in [-0.39, 0.29) is 0 Å². The van der Waals surface area contributed by atoms with Crippen molar-refractivity contribution in [3.63, 3.8) is 0 Å². The summed E-state index contributed by atoms with van der Waals surface area (Å²) in [6.07, 6.45) is 3.37. The van der Waals surface area contributed by atoms with Crippen LogP contribution in [0.4, 0.5) is 0 Å². The molecule has 2 aliphatic rings. The number of aromatic nitrogens is 2. The monoisotopic (exact) mass is 195 g/mol. The minimum atomic E-state index is 0.596. The van der Waals surface area contributed by atoms with E-state index >= 15 is 0 Å². The van der Waals surface area contributed by atoms with Gasteiger partial charge in [0, 0.05) is 18.3 Å². The zero-order valence-corrected chi connectivity index (χ0v) is 7.83. The molecule has 1 aliphatic heterocycles. The van der Waals surface area contributed by atoms with Gasteiger partial charge in [0.1, 0.15) is 5.82 Å². The van der Waals surface area contributed by atoms with E-state index in [2.05, 4.69) is 15.3 Å². The quantitative estimate of drug-likeness (QED) is 0.729. The fourth-order valence-corrected chi connectivity index (χ4v) is 2.39. The van der Waals surface area contributed by atoms with Crippen LogP contribution in [0.3, 0.4) is 0 Å². The van der Waals surface area contributed by atoms with Crippen molar-refractivity contribution in [1.82, 2.24) is 15.3 Å². The van der Waals surface area contributed by atoms with E-state index in [1.807, 2.05) is 0 Å². The summed E-state index contributed by atoms with van der Waals surface area (Å²) in [5.74, 6) is 3.13. The first-order valence-corrected chi connectivity index (χ1v) is 4.92. The van der Waals surface area contributed by atoms with Crippen molar-refractivity contribution in [3.8, 4) is 0 Å². The van der Waals surface area contributed by atoms with Crippen LogP contribution < -0.4 is 5.32 Å². The fourth-order valence-electron chi connectivity index (χ4n) is 2.30. The summed E-state index contributed by atoms with van der Waals surface area (Å²) in [6.45, 7) is 2.25. The minimum Gasteiger partial charge on any atom is -0.316 e. The Morgan fingerprint density at radius 1 is 1.23 bits per heavy atom. The normalized spacial score (nSPS) is 35.9. The summed E-state index contributed by atoms with van der Waals surface area (Å²) in [5.41, 5.74) is 0. The summed E-state index contributed by atoms with van der Waals surface area (Å²) in [6, 6.07) is 0. The lowest BCUT2D eigenvalue weighted by atomic mass is 10.2. The summed E-state index contributed by atoms with van der Waals surface area (Å²) in [7, 11) is 0. The summed E-state index contributed by atoms with van der Waals surface area (Å²) in [4.78, 5) is 8.50. The highest BCUT2D eigenvalue weighted by atomic mass is 35.5. The summed E-state index contributed by atoms with van der Waals surface area (Å²) in [5, 5.41) is 3.97. The van der Waals surface area contributed by atoms with Gasteiger partial charge in [-0.25, -0.2) is 9.97 Å². The minimum absolute atomic E-state index is 0.596. The van der Waals surface area contributed by atoms with Crippen LogP contribution in [0.15, 0.2) is 12.4 Å². The first-order valence-electron chi connectivity index (χ1n) is 4.54. The molecule has 1 aliphatic carbocycles. The van der Waals surface area contributed by atoms with Gasteiger partial charge in [-0.15, -0.1) is 0 Å². The van der Waals surface area contributed by atoms with E-state index in [0.717, 1.165) is 30.7 Å². The maximum absolute atomic E-state index is 5.72. The second-order valence-electron chi connectivity index (χ2n) is 3.77. The lowest BCUT2D eigenvalue weighted by Gasteiger charge is -2.02. The van der Waals surface area contributed by atoms with Crippen LogP contribution in [0.25, 0.3) is 0 Å². The fraction of sp³-hybridized carbons (Fsp3) is 0.556. The standard InChI is InChI=1S/C9H10ClN3/c10-5-1-12-9(13-2-5)8-6-3-11-4-7(6)8/h1-2,6-8,11H,3-4H2. The molecule has 2 fully saturated rings. The second-order valence-corrected chi connectivity index (χ2v) is 4.21. The van der Waals surface area contributed by atoms with Crippen molar-refractivity contribution in [2.45, 2.75) is 5.92 Å². The van der Waals surface area contributed by atoms with Crippen molar-refractivity contribution < 1.29 is 0 Å². The summed E-state index contributed by atoms with van der Waals surface area (Å²) < 4.78 is 0. The molecular formula is C9H10ClN3. The van der Waals surface area contributed by atoms with Crippen molar-refractivity contribution >= 4 is 11.6 Å². The van der Waals surface area contributed by atoms with E-state index in [4.69, 9.17) is 11.6 Å². The van der Waals surface area contributed by atoms with Gasteiger partial charge >= 0.3 is 0 Å². The van der Waals surface area contributed by atoms with Gasteiger partial charge in [-0.2, -0.15) is 0 Å². The molecule has 4 heteroatoms. The maximum atomic E-state index is 5.72. The number of rotatable bonds is 1. The van der Waals surface area contributed by atoms with Crippen LogP contribution in [0, 0.1) is 11.8 Å². The molecule has 1 saturated carbocycles. The molecule has 1 aromatic heterocycles. The first-order chi connectivity index (χ1) is 6.36.